The molecule has 0 bridgehead atoms. The van der Waals surface area contributed by atoms with Crippen molar-refractivity contribution in [2.45, 2.75) is 23.1 Å². The van der Waals surface area contributed by atoms with Crippen LogP contribution in [0, 0.1) is 0 Å². The first-order chi connectivity index (χ1) is 9.58. The quantitative estimate of drug-likeness (QED) is 0.773. The Labute approximate surface area is 122 Å². The van der Waals surface area contributed by atoms with E-state index in [1.807, 2.05) is 0 Å². The molecule has 0 aromatic heterocycles. The summed E-state index contributed by atoms with van der Waals surface area (Å²) < 4.78 is 73.1. The van der Waals surface area contributed by atoms with Crippen molar-refractivity contribution >= 4 is 25.5 Å². The monoisotopic (exact) mass is 342 g/mol. The van der Waals surface area contributed by atoms with E-state index >= 15 is 0 Å². The molecule has 10 heteroatoms. The Bertz CT molecular complexity index is 703. The lowest BCUT2D eigenvalue weighted by atomic mass is 10.3. The minimum Gasteiger partial charge on any atom is -0.384 e. The minimum atomic E-state index is -4.25. The first-order valence-electron chi connectivity index (χ1n) is 5.93. The highest BCUT2D eigenvalue weighted by Crippen LogP contribution is 2.25. The van der Waals surface area contributed by atoms with Gasteiger partial charge in [-0.15, -0.1) is 0 Å². The largest absolute Gasteiger partial charge is 0.384 e. The number of sulfonamides is 1. The molecule has 1 aromatic rings. The first-order valence-corrected chi connectivity index (χ1v) is 9.31. The molecule has 0 heterocycles. The molecule has 0 spiro atoms. The van der Waals surface area contributed by atoms with E-state index in [0.717, 1.165) is 12.3 Å². The molecular weight excluding hydrogens is 326 g/mol. The fourth-order valence-corrected chi connectivity index (χ4v) is 3.48. The van der Waals surface area contributed by atoms with Crippen molar-refractivity contribution in [1.29, 1.82) is 0 Å². The fourth-order valence-electron chi connectivity index (χ4n) is 1.54. The van der Waals surface area contributed by atoms with Crippen molar-refractivity contribution in [2.75, 3.05) is 24.7 Å². The summed E-state index contributed by atoms with van der Waals surface area (Å²) in [5.41, 5.74) is 0.145. The second-order valence-electron chi connectivity index (χ2n) is 4.20. The van der Waals surface area contributed by atoms with E-state index in [2.05, 4.69) is 5.32 Å². The Morgan fingerprint density at radius 2 is 1.81 bits per heavy atom. The normalized spacial score (nSPS) is 12.6. The molecule has 1 aromatic carbocycles. The van der Waals surface area contributed by atoms with Gasteiger partial charge in [0.1, 0.15) is 4.90 Å². The highest BCUT2D eigenvalue weighted by molar-refractivity contribution is 7.91. The van der Waals surface area contributed by atoms with Crippen molar-refractivity contribution in [3.05, 3.63) is 18.2 Å². The zero-order chi connectivity index (χ0) is 16.3. The summed E-state index contributed by atoms with van der Waals surface area (Å²) in [4.78, 5) is -0.588. The lowest BCUT2D eigenvalue weighted by Crippen LogP contribution is -2.29. The van der Waals surface area contributed by atoms with Gasteiger partial charge in [-0.05, 0) is 25.1 Å². The number of rotatable bonds is 7. The van der Waals surface area contributed by atoms with Crippen molar-refractivity contribution in [3.63, 3.8) is 0 Å². The van der Waals surface area contributed by atoms with Gasteiger partial charge in [0.15, 0.2) is 9.84 Å². The van der Waals surface area contributed by atoms with Crippen molar-refractivity contribution in [2.24, 2.45) is 0 Å². The van der Waals surface area contributed by atoms with E-state index in [0.29, 0.717) is 6.54 Å². The van der Waals surface area contributed by atoms with Crippen LogP contribution < -0.4 is 10.0 Å². The molecule has 0 saturated heterocycles. The molecule has 21 heavy (non-hydrogen) atoms. The van der Waals surface area contributed by atoms with Crippen LogP contribution in [0.2, 0.25) is 0 Å². The van der Waals surface area contributed by atoms with E-state index in [9.17, 15) is 25.6 Å². The van der Waals surface area contributed by atoms with Crippen LogP contribution in [0.15, 0.2) is 28.0 Å². The molecule has 0 aliphatic carbocycles. The summed E-state index contributed by atoms with van der Waals surface area (Å²) in [6.07, 6.45) is -1.92. The molecule has 0 fully saturated rings. The molecule has 0 aliphatic heterocycles. The summed E-state index contributed by atoms with van der Waals surface area (Å²) in [6.45, 7) is 1.06. The standard InChI is InChI=1S/C11H16F2N2O4S2/c1-3-14-9-5-4-8(20(2,16)17)6-10(9)21(18,19)15-7-11(12)13/h4-6,11,14-15H,3,7H2,1-2H3. The van der Waals surface area contributed by atoms with Gasteiger partial charge in [-0.2, -0.15) is 0 Å². The SMILES string of the molecule is CCNc1ccc(S(C)(=O)=O)cc1S(=O)(=O)NCC(F)F. The van der Waals surface area contributed by atoms with Gasteiger partial charge < -0.3 is 5.32 Å². The van der Waals surface area contributed by atoms with Gasteiger partial charge in [-0.3, -0.25) is 0 Å². The van der Waals surface area contributed by atoms with Gasteiger partial charge in [0.05, 0.1) is 17.1 Å². The number of anilines is 1. The number of alkyl halides is 2. The molecule has 1 rings (SSSR count). The van der Waals surface area contributed by atoms with Gasteiger partial charge >= 0.3 is 0 Å². The number of hydrogen-bond acceptors (Lipinski definition) is 5. The molecule has 6 nitrogen and oxygen atoms in total. The van der Waals surface area contributed by atoms with Crippen LogP contribution >= 0.6 is 0 Å². The lowest BCUT2D eigenvalue weighted by molar-refractivity contribution is 0.153. The minimum absolute atomic E-state index is 0.145. The number of nitrogens with one attached hydrogen (secondary N) is 2. The highest BCUT2D eigenvalue weighted by Gasteiger charge is 2.22. The van der Waals surface area contributed by atoms with E-state index in [1.165, 1.54) is 12.1 Å². The molecular formula is C11H16F2N2O4S2. The van der Waals surface area contributed by atoms with Crippen LogP contribution in [0.1, 0.15) is 6.92 Å². The average molecular weight is 342 g/mol. The summed E-state index contributed by atoms with van der Waals surface area (Å²) in [7, 11) is -7.86. The van der Waals surface area contributed by atoms with Crippen LogP contribution in [-0.4, -0.2) is 42.6 Å². The van der Waals surface area contributed by atoms with Crippen molar-refractivity contribution < 1.29 is 25.6 Å². The Kier molecular flexibility index (Phi) is 5.65. The Morgan fingerprint density at radius 3 is 2.29 bits per heavy atom. The second-order valence-corrected chi connectivity index (χ2v) is 7.95. The molecule has 2 N–H and O–H groups in total. The van der Waals surface area contributed by atoms with E-state index in [1.54, 1.807) is 11.6 Å². The number of sulfone groups is 1. The van der Waals surface area contributed by atoms with Gasteiger partial charge in [0, 0.05) is 12.8 Å². The lowest BCUT2D eigenvalue weighted by Gasteiger charge is -2.13. The molecule has 120 valence electrons. The van der Waals surface area contributed by atoms with E-state index < -0.39 is 32.8 Å². The molecule has 0 radical (unpaired) electrons. The fraction of sp³-hybridized carbons (Fsp3) is 0.455. The first kappa shape index (κ1) is 17.8. The molecule has 0 atom stereocenters. The Hall–Kier alpha value is -1.26. The summed E-state index contributed by atoms with van der Waals surface area (Å²) in [6, 6.07) is 3.48. The zero-order valence-electron chi connectivity index (χ0n) is 11.4. The Morgan fingerprint density at radius 1 is 1.19 bits per heavy atom. The van der Waals surface area contributed by atoms with Gasteiger partial charge in [-0.25, -0.2) is 30.3 Å². The van der Waals surface area contributed by atoms with Crippen LogP contribution in [0.3, 0.4) is 0 Å². The summed E-state index contributed by atoms with van der Waals surface area (Å²) in [5, 5.41) is 2.75. The van der Waals surface area contributed by atoms with Crippen LogP contribution in [0.25, 0.3) is 0 Å². The molecule has 0 unspecified atom stereocenters. The van der Waals surface area contributed by atoms with Gasteiger partial charge in [-0.1, -0.05) is 0 Å². The topological polar surface area (TPSA) is 92.3 Å². The summed E-state index contributed by atoms with van der Waals surface area (Å²) >= 11 is 0. The third-order valence-electron chi connectivity index (χ3n) is 2.47. The maximum atomic E-state index is 12.2. The summed E-state index contributed by atoms with van der Waals surface area (Å²) in [5.74, 6) is 0. The third kappa shape index (κ3) is 4.90. The molecule has 0 amide bonds. The maximum absolute atomic E-state index is 12.2. The van der Waals surface area contributed by atoms with Crippen LogP contribution in [-0.2, 0) is 19.9 Å². The predicted octanol–water partition coefficient (Wildman–Crippen LogP) is 1.07. The zero-order valence-corrected chi connectivity index (χ0v) is 13.1. The third-order valence-corrected chi connectivity index (χ3v) is 5.04. The second kappa shape index (κ2) is 6.67. The Balaban J connectivity index is 3.35. The molecule has 0 aliphatic rings. The average Bonchev–Trinajstić information content (AvgIpc) is 2.36. The number of halogens is 2. The van der Waals surface area contributed by atoms with Gasteiger partial charge in [0.2, 0.25) is 10.0 Å². The molecule has 0 saturated carbocycles. The van der Waals surface area contributed by atoms with E-state index in [-0.39, 0.29) is 15.5 Å². The van der Waals surface area contributed by atoms with Crippen molar-refractivity contribution in [3.8, 4) is 0 Å². The van der Waals surface area contributed by atoms with Crippen molar-refractivity contribution in [1.82, 2.24) is 4.72 Å². The predicted molar refractivity (Wildman–Crippen MR) is 74.9 cm³/mol. The van der Waals surface area contributed by atoms with Crippen LogP contribution in [0.5, 0.6) is 0 Å². The maximum Gasteiger partial charge on any atom is 0.251 e. The highest BCUT2D eigenvalue weighted by atomic mass is 32.2. The number of benzene rings is 1. The number of hydrogen-bond donors (Lipinski definition) is 2. The van der Waals surface area contributed by atoms with Gasteiger partial charge in [0.25, 0.3) is 6.43 Å². The van der Waals surface area contributed by atoms with Crippen LogP contribution in [0.4, 0.5) is 14.5 Å². The van der Waals surface area contributed by atoms with E-state index in [4.69, 9.17) is 0 Å². The smallest absolute Gasteiger partial charge is 0.251 e.